The highest BCUT2D eigenvalue weighted by Gasteiger charge is 2.38. The Labute approximate surface area is 103 Å². The molecule has 0 N–H and O–H groups in total. The molecule has 5 heteroatoms. The maximum absolute atomic E-state index is 11.5. The average molecular weight is 256 g/mol. The summed E-state index contributed by atoms with van der Waals surface area (Å²) in [5.41, 5.74) is 0. The van der Waals surface area contributed by atoms with E-state index < -0.39 is 9.84 Å². The van der Waals surface area contributed by atoms with E-state index in [1.807, 2.05) is 6.08 Å². The Morgan fingerprint density at radius 2 is 2.12 bits per heavy atom. The fourth-order valence-electron chi connectivity index (χ4n) is 3.44. The van der Waals surface area contributed by atoms with Gasteiger partial charge in [-0.1, -0.05) is 6.08 Å². The van der Waals surface area contributed by atoms with E-state index in [2.05, 4.69) is 16.7 Å². The summed E-state index contributed by atoms with van der Waals surface area (Å²) in [6.45, 7) is 5.57. The zero-order chi connectivity index (χ0) is 12.0. The van der Waals surface area contributed by atoms with E-state index in [1.165, 1.54) is 24.8 Å². The second-order valence-corrected chi connectivity index (χ2v) is 7.49. The van der Waals surface area contributed by atoms with E-state index in [4.69, 9.17) is 0 Å². The van der Waals surface area contributed by atoms with Crippen LogP contribution in [0.1, 0.15) is 19.8 Å². The highest BCUT2D eigenvalue weighted by molar-refractivity contribution is 7.94. The fourth-order valence-corrected chi connectivity index (χ4v) is 4.75. The van der Waals surface area contributed by atoms with Crippen molar-refractivity contribution in [3.05, 3.63) is 11.5 Å². The topological polar surface area (TPSA) is 40.6 Å². The Bertz CT molecular complexity index is 432. The molecule has 3 aliphatic rings. The third kappa shape index (κ3) is 2.16. The zero-order valence-corrected chi connectivity index (χ0v) is 11.1. The van der Waals surface area contributed by atoms with E-state index >= 15 is 0 Å². The van der Waals surface area contributed by atoms with Crippen LogP contribution in [0, 0.1) is 0 Å². The summed E-state index contributed by atoms with van der Waals surface area (Å²) in [4.78, 5) is 4.95. The van der Waals surface area contributed by atoms with Gasteiger partial charge in [0.15, 0.2) is 9.84 Å². The van der Waals surface area contributed by atoms with E-state index in [9.17, 15) is 8.42 Å². The first kappa shape index (κ1) is 11.7. The van der Waals surface area contributed by atoms with Gasteiger partial charge in [0, 0.05) is 36.6 Å². The van der Waals surface area contributed by atoms with Crippen molar-refractivity contribution in [3.63, 3.8) is 0 Å². The van der Waals surface area contributed by atoms with Gasteiger partial charge in [-0.3, -0.25) is 9.80 Å². The van der Waals surface area contributed by atoms with Crippen LogP contribution < -0.4 is 0 Å². The maximum atomic E-state index is 11.5. The Balaban J connectivity index is 1.73. The third-order valence-corrected chi connectivity index (χ3v) is 5.70. The number of piperazine rings is 1. The molecule has 0 amide bonds. The van der Waals surface area contributed by atoms with Gasteiger partial charge in [-0.05, 0) is 26.3 Å². The molecule has 0 saturated carbocycles. The van der Waals surface area contributed by atoms with Crippen LogP contribution in [0.25, 0.3) is 0 Å². The zero-order valence-electron chi connectivity index (χ0n) is 10.2. The van der Waals surface area contributed by atoms with E-state index in [0.717, 1.165) is 13.1 Å². The molecule has 3 heterocycles. The molecule has 0 bridgehead atoms. The van der Waals surface area contributed by atoms with Gasteiger partial charge in [0.2, 0.25) is 0 Å². The molecule has 0 aromatic rings. The number of hydrogen-bond donors (Lipinski definition) is 0. The van der Waals surface area contributed by atoms with E-state index in [0.29, 0.717) is 12.1 Å². The number of fused-ring (bicyclic) bond motifs is 1. The molecule has 3 unspecified atom stereocenters. The molecule has 17 heavy (non-hydrogen) atoms. The smallest absolute Gasteiger partial charge is 0.173 e. The lowest BCUT2D eigenvalue weighted by atomic mass is 10.1. The molecular weight excluding hydrogens is 236 g/mol. The van der Waals surface area contributed by atoms with Gasteiger partial charge in [0.25, 0.3) is 0 Å². The van der Waals surface area contributed by atoms with Crippen molar-refractivity contribution in [1.82, 2.24) is 9.80 Å². The Morgan fingerprint density at radius 3 is 2.82 bits per heavy atom. The summed E-state index contributed by atoms with van der Waals surface area (Å²) in [6, 6.07) is 1.23. The van der Waals surface area contributed by atoms with Crippen LogP contribution in [-0.2, 0) is 9.84 Å². The molecular formula is C12H20N2O2S. The predicted octanol–water partition coefficient (Wildman–Crippen LogP) is 0.466. The second-order valence-electron chi connectivity index (χ2n) is 5.56. The summed E-state index contributed by atoms with van der Waals surface area (Å²) in [7, 11) is -2.93. The van der Waals surface area contributed by atoms with Gasteiger partial charge in [-0.25, -0.2) is 8.42 Å². The van der Waals surface area contributed by atoms with Crippen molar-refractivity contribution >= 4 is 9.84 Å². The molecule has 96 valence electrons. The van der Waals surface area contributed by atoms with Crippen LogP contribution in [0.15, 0.2) is 11.5 Å². The summed E-state index contributed by atoms with van der Waals surface area (Å²) < 4.78 is 23.0. The van der Waals surface area contributed by atoms with Gasteiger partial charge in [-0.15, -0.1) is 0 Å². The van der Waals surface area contributed by atoms with E-state index in [-0.39, 0.29) is 11.8 Å². The third-order valence-electron chi connectivity index (χ3n) is 4.32. The van der Waals surface area contributed by atoms with Crippen molar-refractivity contribution in [2.24, 2.45) is 0 Å². The van der Waals surface area contributed by atoms with Crippen LogP contribution in [-0.4, -0.2) is 61.7 Å². The number of hydrogen-bond acceptors (Lipinski definition) is 4. The summed E-state index contributed by atoms with van der Waals surface area (Å²) in [5.74, 6) is 0.282. The number of sulfone groups is 1. The SMILES string of the molecule is CC1CN2CCCC2CN1C1C=CS(=O)(=O)C1. The average Bonchev–Trinajstić information content (AvgIpc) is 2.82. The fraction of sp³-hybridized carbons (Fsp3) is 0.833. The van der Waals surface area contributed by atoms with Crippen molar-refractivity contribution in [2.75, 3.05) is 25.4 Å². The molecule has 2 saturated heterocycles. The lowest BCUT2D eigenvalue weighted by Gasteiger charge is -2.44. The number of nitrogens with zero attached hydrogens (tertiary/aromatic N) is 2. The first-order valence-electron chi connectivity index (χ1n) is 6.46. The molecule has 0 spiro atoms. The van der Waals surface area contributed by atoms with Crippen molar-refractivity contribution in [1.29, 1.82) is 0 Å². The largest absolute Gasteiger partial charge is 0.298 e. The first-order valence-corrected chi connectivity index (χ1v) is 8.17. The molecule has 4 nitrogen and oxygen atoms in total. The van der Waals surface area contributed by atoms with Crippen molar-refractivity contribution in [2.45, 2.75) is 37.9 Å². The lowest BCUT2D eigenvalue weighted by molar-refractivity contribution is 0.0470. The quantitative estimate of drug-likeness (QED) is 0.684. The van der Waals surface area contributed by atoms with Crippen LogP contribution in [0.4, 0.5) is 0 Å². The molecule has 3 aliphatic heterocycles. The minimum atomic E-state index is -2.93. The standard InChI is InChI=1S/C12H20N2O2S/c1-10-7-13-5-2-3-11(13)8-14(10)12-4-6-17(15,16)9-12/h4,6,10-12H,2-3,5,7-9H2,1H3. The van der Waals surface area contributed by atoms with Crippen LogP contribution in [0.3, 0.4) is 0 Å². The van der Waals surface area contributed by atoms with Gasteiger partial charge in [-0.2, -0.15) is 0 Å². The van der Waals surface area contributed by atoms with Gasteiger partial charge < -0.3 is 0 Å². The summed E-state index contributed by atoms with van der Waals surface area (Å²) in [6.07, 6.45) is 4.44. The molecule has 2 fully saturated rings. The van der Waals surface area contributed by atoms with Crippen molar-refractivity contribution < 1.29 is 8.42 Å². The Hall–Kier alpha value is -0.390. The van der Waals surface area contributed by atoms with Crippen LogP contribution in [0.5, 0.6) is 0 Å². The molecule has 0 radical (unpaired) electrons. The van der Waals surface area contributed by atoms with Crippen molar-refractivity contribution in [3.8, 4) is 0 Å². The van der Waals surface area contributed by atoms with E-state index in [1.54, 1.807) is 0 Å². The molecule has 0 aromatic carbocycles. The molecule has 3 atom stereocenters. The highest BCUT2D eigenvalue weighted by atomic mass is 32.2. The summed E-state index contributed by atoms with van der Waals surface area (Å²) >= 11 is 0. The molecule has 0 aromatic heterocycles. The van der Waals surface area contributed by atoms with Crippen LogP contribution >= 0.6 is 0 Å². The second kappa shape index (κ2) is 4.07. The van der Waals surface area contributed by atoms with Gasteiger partial charge in [0.1, 0.15) is 0 Å². The van der Waals surface area contributed by atoms with Crippen LogP contribution in [0.2, 0.25) is 0 Å². The first-order chi connectivity index (χ1) is 8.05. The van der Waals surface area contributed by atoms with Gasteiger partial charge in [0.05, 0.1) is 5.75 Å². The minimum absolute atomic E-state index is 0.109. The molecule has 0 aliphatic carbocycles. The summed E-state index contributed by atoms with van der Waals surface area (Å²) in [5, 5.41) is 1.39. The highest BCUT2D eigenvalue weighted by Crippen LogP contribution is 2.28. The van der Waals surface area contributed by atoms with Gasteiger partial charge >= 0.3 is 0 Å². The maximum Gasteiger partial charge on any atom is 0.173 e. The molecule has 3 rings (SSSR count). The lowest BCUT2D eigenvalue weighted by Crippen LogP contribution is -2.58. The predicted molar refractivity (Wildman–Crippen MR) is 67.5 cm³/mol. The number of rotatable bonds is 1. The Morgan fingerprint density at radius 1 is 1.29 bits per heavy atom. The normalized spacial score (nSPS) is 41.8. The monoisotopic (exact) mass is 256 g/mol. The Kier molecular flexibility index (Phi) is 2.80. The minimum Gasteiger partial charge on any atom is -0.298 e.